The summed E-state index contributed by atoms with van der Waals surface area (Å²) in [4.78, 5) is 0. The predicted octanol–water partition coefficient (Wildman–Crippen LogP) is 1.92. The molecule has 0 radical (unpaired) electrons. The van der Waals surface area contributed by atoms with Crippen LogP contribution in [0, 0.1) is 11.8 Å². The molecule has 1 spiro atoms. The number of halogens is 1. The van der Waals surface area contributed by atoms with Crippen molar-refractivity contribution >= 4 is 19.7 Å². The van der Waals surface area contributed by atoms with Gasteiger partial charge in [-0.3, -0.25) is 0 Å². The summed E-state index contributed by atoms with van der Waals surface area (Å²) in [5.41, 5.74) is -0.230. The van der Waals surface area contributed by atoms with Crippen molar-refractivity contribution in [1.29, 1.82) is 0 Å². The molecule has 1 saturated heterocycles. The maximum atomic E-state index is 11.2. The Morgan fingerprint density at radius 3 is 2.50 bits per heavy atom. The van der Waals surface area contributed by atoms with Gasteiger partial charge >= 0.3 is 0 Å². The monoisotopic (exact) mass is 294 g/mol. The molecular formula is C12H19ClO4S. The van der Waals surface area contributed by atoms with Gasteiger partial charge < -0.3 is 9.47 Å². The van der Waals surface area contributed by atoms with Gasteiger partial charge in [0.1, 0.15) is 0 Å². The van der Waals surface area contributed by atoms with Crippen LogP contribution in [0.1, 0.15) is 32.1 Å². The highest BCUT2D eigenvalue weighted by atomic mass is 35.7. The van der Waals surface area contributed by atoms with Crippen LogP contribution in [0.4, 0.5) is 0 Å². The number of fused-ring (bicyclic) bond motifs is 2. The minimum atomic E-state index is -3.52. The third-order valence-corrected chi connectivity index (χ3v) is 5.81. The Kier molecular flexibility index (Phi) is 3.37. The Morgan fingerprint density at radius 1 is 1.22 bits per heavy atom. The van der Waals surface area contributed by atoms with Crippen LogP contribution in [0.2, 0.25) is 0 Å². The highest BCUT2D eigenvalue weighted by Crippen LogP contribution is 2.50. The lowest BCUT2D eigenvalue weighted by molar-refractivity contribution is -0.243. The lowest BCUT2D eigenvalue weighted by Crippen LogP contribution is -2.58. The lowest BCUT2D eigenvalue weighted by atomic mass is 9.62. The van der Waals surface area contributed by atoms with Gasteiger partial charge in [-0.15, -0.1) is 0 Å². The van der Waals surface area contributed by atoms with E-state index >= 15 is 0 Å². The molecule has 0 aromatic carbocycles. The molecule has 2 unspecified atom stereocenters. The normalized spacial score (nSPS) is 44.4. The summed E-state index contributed by atoms with van der Waals surface area (Å²) in [5, 5.41) is 0. The van der Waals surface area contributed by atoms with Crippen LogP contribution in [-0.2, 0) is 18.5 Å². The largest absolute Gasteiger partial charge is 0.376 e. The van der Waals surface area contributed by atoms with Crippen LogP contribution >= 0.6 is 10.7 Å². The highest BCUT2D eigenvalue weighted by Gasteiger charge is 2.51. The predicted molar refractivity (Wildman–Crippen MR) is 68.1 cm³/mol. The van der Waals surface area contributed by atoms with Crippen LogP contribution in [0.5, 0.6) is 0 Å². The van der Waals surface area contributed by atoms with Gasteiger partial charge in [-0.1, -0.05) is 0 Å². The molecule has 3 saturated carbocycles. The molecule has 2 atom stereocenters. The summed E-state index contributed by atoms with van der Waals surface area (Å²) in [6.45, 7) is 0.956. The topological polar surface area (TPSA) is 52.6 Å². The van der Waals surface area contributed by atoms with Crippen molar-refractivity contribution in [2.24, 2.45) is 11.8 Å². The summed E-state index contributed by atoms with van der Waals surface area (Å²) in [5.74, 6) is 1.11. The molecule has 3 aliphatic carbocycles. The van der Waals surface area contributed by atoms with E-state index in [-0.39, 0.29) is 11.4 Å². The van der Waals surface area contributed by atoms with Crippen LogP contribution < -0.4 is 0 Å². The Bertz CT molecular complexity index is 416. The molecule has 0 amide bonds. The average Bonchev–Trinajstić information content (AvgIpc) is 2.28. The second-order valence-corrected chi connectivity index (χ2v) is 8.77. The Labute approximate surface area is 112 Å². The first-order valence-electron chi connectivity index (χ1n) is 6.65. The smallest absolute Gasteiger partial charge is 0.235 e. The third-order valence-electron chi connectivity index (χ3n) is 4.66. The fourth-order valence-electron chi connectivity index (χ4n) is 3.94. The van der Waals surface area contributed by atoms with Crippen molar-refractivity contribution in [2.45, 2.75) is 43.8 Å². The molecule has 4 fully saturated rings. The van der Waals surface area contributed by atoms with E-state index in [4.69, 9.17) is 20.2 Å². The molecular weight excluding hydrogens is 276 g/mol. The maximum Gasteiger partial charge on any atom is 0.235 e. The van der Waals surface area contributed by atoms with Gasteiger partial charge in [-0.05, 0) is 43.9 Å². The zero-order valence-corrected chi connectivity index (χ0v) is 11.9. The van der Waals surface area contributed by atoms with E-state index in [1.54, 1.807) is 0 Å². The van der Waals surface area contributed by atoms with Crippen molar-refractivity contribution in [1.82, 2.24) is 0 Å². The Hall–Kier alpha value is 0.160. The molecule has 18 heavy (non-hydrogen) atoms. The van der Waals surface area contributed by atoms with Gasteiger partial charge in [0.2, 0.25) is 9.05 Å². The van der Waals surface area contributed by atoms with Crippen molar-refractivity contribution in [3.63, 3.8) is 0 Å². The van der Waals surface area contributed by atoms with Crippen LogP contribution in [0.3, 0.4) is 0 Å². The van der Waals surface area contributed by atoms with Gasteiger partial charge in [-0.2, -0.15) is 0 Å². The zero-order valence-electron chi connectivity index (χ0n) is 10.3. The van der Waals surface area contributed by atoms with Gasteiger partial charge in [0, 0.05) is 10.7 Å². The summed E-state index contributed by atoms with van der Waals surface area (Å²) < 4.78 is 34.1. The summed E-state index contributed by atoms with van der Waals surface area (Å²) >= 11 is 0. The second-order valence-electron chi connectivity index (χ2n) is 5.95. The standard InChI is InChI=1S/C12H19ClO4S/c13-18(14,15)7-11-6-16-8-12(17-11)5-9-1-3-10(12)4-2-9/h9-11H,1-8H2. The van der Waals surface area contributed by atoms with E-state index in [2.05, 4.69) is 0 Å². The maximum absolute atomic E-state index is 11.2. The molecule has 2 bridgehead atoms. The van der Waals surface area contributed by atoms with Crippen LogP contribution in [0.25, 0.3) is 0 Å². The second kappa shape index (κ2) is 4.62. The molecule has 104 valence electrons. The zero-order chi connectivity index (χ0) is 12.8. The van der Waals surface area contributed by atoms with Crippen molar-refractivity contribution in [3.05, 3.63) is 0 Å². The molecule has 0 N–H and O–H groups in total. The van der Waals surface area contributed by atoms with E-state index in [0.29, 0.717) is 19.1 Å². The van der Waals surface area contributed by atoms with E-state index < -0.39 is 15.2 Å². The van der Waals surface area contributed by atoms with E-state index in [9.17, 15) is 8.42 Å². The SMILES string of the molecule is O=S(=O)(Cl)CC1COCC2(CC3CCC2CC3)O1. The van der Waals surface area contributed by atoms with Gasteiger partial charge in [0.15, 0.2) is 0 Å². The quantitative estimate of drug-likeness (QED) is 0.730. The van der Waals surface area contributed by atoms with E-state index in [0.717, 1.165) is 12.3 Å². The fraction of sp³-hybridized carbons (Fsp3) is 1.00. The summed E-state index contributed by atoms with van der Waals surface area (Å²) in [6.07, 6.45) is 5.57. The number of hydrogen-bond donors (Lipinski definition) is 0. The minimum Gasteiger partial charge on any atom is -0.376 e. The van der Waals surface area contributed by atoms with E-state index in [1.807, 2.05) is 0 Å². The highest BCUT2D eigenvalue weighted by molar-refractivity contribution is 8.13. The van der Waals surface area contributed by atoms with Gasteiger partial charge in [0.25, 0.3) is 0 Å². The summed E-state index contributed by atoms with van der Waals surface area (Å²) in [7, 11) is 1.78. The molecule has 4 aliphatic rings. The van der Waals surface area contributed by atoms with Crippen LogP contribution in [-0.4, -0.2) is 39.1 Å². The third kappa shape index (κ3) is 2.55. The minimum absolute atomic E-state index is 0.145. The number of hydrogen-bond acceptors (Lipinski definition) is 4. The Morgan fingerprint density at radius 2 is 1.94 bits per heavy atom. The number of rotatable bonds is 2. The average molecular weight is 295 g/mol. The molecule has 1 aliphatic heterocycles. The van der Waals surface area contributed by atoms with Crippen molar-refractivity contribution in [2.75, 3.05) is 19.0 Å². The molecule has 4 rings (SSSR count). The Balaban J connectivity index is 1.73. The first kappa shape index (κ1) is 13.2. The molecule has 1 heterocycles. The lowest BCUT2D eigenvalue weighted by Gasteiger charge is -2.54. The van der Waals surface area contributed by atoms with Crippen molar-refractivity contribution < 1.29 is 17.9 Å². The molecule has 0 aromatic heterocycles. The van der Waals surface area contributed by atoms with Crippen LogP contribution in [0.15, 0.2) is 0 Å². The molecule has 0 aromatic rings. The molecule has 6 heteroatoms. The van der Waals surface area contributed by atoms with E-state index in [1.165, 1.54) is 25.7 Å². The first-order valence-corrected chi connectivity index (χ1v) is 9.13. The first-order chi connectivity index (χ1) is 8.47. The number of ether oxygens (including phenoxy) is 2. The summed E-state index contributed by atoms with van der Waals surface area (Å²) in [6, 6.07) is 0. The fourth-order valence-corrected chi connectivity index (χ4v) is 4.97. The molecule has 4 nitrogen and oxygen atoms in total. The van der Waals surface area contributed by atoms with Gasteiger partial charge in [-0.25, -0.2) is 8.42 Å². The van der Waals surface area contributed by atoms with Crippen molar-refractivity contribution in [3.8, 4) is 0 Å². The van der Waals surface area contributed by atoms with Gasteiger partial charge in [0.05, 0.1) is 30.7 Å².